The largest absolute Gasteiger partial charge is 0.393 e. The van der Waals surface area contributed by atoms with Crippen molar-refractivity contribution in [1.29, 1.82) is 0 Å². The third kappa shape index (κ3) is 4.46. The highest BCUT2D eigenvalue weighted by atomic mass is 16.3. The number of aliphatic hydroxyl groups is 4. The highest BCUT2D eigenvalue weighted by Gasteiger charge is 1.97. The van der Waals surface area contributed by atoms with Gasteiger partial charge in [0.15, 0.2) is 0 Å². The maximum atomic E-state index is 8.67. The molecule has 4 heteroatoms. The first-order chi connectivity index (χ1) is 4.70. The van der Waals surface area contributed by atoms with E-state index in [1.165, 1.54) is 12.2 Å². The molecule has 0 heterocycles. The Balaban J connectivity index is 3.52. The van der Waals surface area contributed by atoms with Gasteiger partial charge >= 0.3 is 0 Å². The second-order valence-corrected chi connectivity index (χ2v) is 1.88. The smallest absolute Gasteiger partial charge is 0.0952 e. The molecule has 0 fully saturated rings. The molecule has 0 aromatic rings. The molecule has 60 valence electrons. The van der Waals surface area contributed by atoms with Gasteiger partial charge in [-0.1, -0.05) is 12.2 Å². The van der Waals surface area contributed by atoms with Crippen molar-refractivity contribution in [3.8, 4) is 0 Å². The minimum Gasteiger partial charge on any atom is -0.393 e. The summed E-state index contributed by atoms with van der Waals surface area (Å²) in [5.41, 5.74) is 0. The maximum Gasteiger partial charge on any atom is 0.0952 e. The standard InChI is InChI=1S/C6H12O4/c7-3-5(9)1-2-6(10)4-8/h1-2,5-10H,3-4H2/t5-,6-/m1/s1. The average molecular weight is 148 g/mol. The van der Waals surface area contributed by atoms with Gasteiger partial charge in [0.05, 0.1) is 25.4 Å². The lowest BCUT2D eigenvalue weighted by Crippen LogP contribution is -2.12. The molecule has 0 unspecified atom stereocenters. The number of rotatable bonds is 4. The molecule has 4 N–H and O–H groups in total. The molecule has 0 aromatic heterocycles. The Morgan fingerprint density at radius 3 is 1.40 bits per heavy atom. The van der Waals surface area contributed by atoms with Crippen molar-refractivity contribution in [1.82, 2.24) is 0 Å². The lowest BCUT2D eigenvalue weighted by molar-refractivity contribution is 0.119. The molecule has 10 heavy (non-hydrogen) atoms. The SMILES string of the molecule is OC[C@H](O)C=C[C@@H](O)CO. The first-order valence-electron chi connectivity index (χ1n) is 2.97. The molecule has 0 spiro atoms. The molecule has 0 amide bonds. The summed E-state index contributed by atoms with van der Waals surface area (Å²) >= 11 is 0. The zero-order valence-electron chi connectivity index (χ0n) is 5.51. The molecule has 0 saturated carbocycles. The van der Waals surface area contributed by atoms with Gasteiger partial charge in [-0.15, -0.1) is 0 Å². The Morgan fingerprint density at radius 2 is 1.20 bits per heavy atom. The molecule has 0 rings (SSSR count). The van der Waals surface area contributed by atoms with Crippen molar-refractivity contribution >= 4 is 0 Å². The fourth-order valence-corrected chi connectivity index (χ4v) is 0.378. The molecule has 0 radical (unpaired) electrons. The summed E-state index contributed by atoms with van der Waals surface area (Å²) in [4.78, 5) is 0. The topological polar surface area (TPSA) is 80.9 Å². The van der Waals surface area contributed by atoms with Crippen molar-refractivity contribution < 1.29 is 20.4 Å². The van der Waals surface area contributed by atoms with Gasteiger partial charge in [-0.3, -0.25) is 0 Å². The van der Waals surface area contributed by atoms with Crippen molar-refractivity contribution in [2.75, 3.05) is 13.2 Å². The van der Waals surface area contributed by atoms with Gasteiger partial charge in [-0.25, -0.2) is 0 Å². The van der Waals surface area contributed by atoms with E-state index >= 15 is 0 Å². The lowest BCUT2D eigenvalue weighted by atomic mass is 10.3. The molecule has 0 aliphatic rings. The fourth-order valence-electron chi connectivity index (χ4n) is 0.378. The van der Waals surface area contributed by atoms with Crippen LogP contribution in [-0.2, 0) is 0 Å². The van der Waals surface area contributed by atoms with Gasteiger partial charge < -0.3 is 20.4 Å². The van der Waals surface area contributed by atoms with Crippen molar-refractivity contribution in [3.05, 3.63) is 12.2 Å². The molecule has 2 atom stereocenters. The van der Waals surface area contributed by atoms with Gasteiger partial charge in [0.1, 0.15) is 0 Å². The fraction of sp³-hybridized carbons (Fsp3) is 0.667. The highest BCUT2D eigenvalue weighted by Crippen LogP contribution is 1.88. The number of hydrogen-bond donors (Lipinski definition) is 4. The predicted octanol–water partition coefficient (Wildman–Crippen LogP) is -1.75. The van der Waals surface area contributed by atoms with E-state index in [0.717, 1.165) is 0 Å². The Kier molecular flexibility index (Phi) is 5.15. The Bertz CT molecular complexity index is 89.9. The van der Waals surface area contributed by atoms with Crippen LogP contribution in [-0.4, -0.2) is 45.8 Å². The summed E-state index contributed by atoms with van der Waals surface area (Å²) in [5.74, 6) is 0. The van der Waals surface area contributed by atoms with E-state index in [9.17, 15) is 0 Å². The quantitative estimate of drug-likeness (QED) is 0.356. The normalized spacial score (nSPS) is 17.6. The summed E-state index contributed by atoms with van der Waals surface area (Å²) in [6, 6.07) is 0. The predicted molar refractivity (Wildman–Crippen MR) is 35.3 cm³/mol. The second-order valence-electron chi connectivity index (χ2n) is 1.88. The summed E-state index contributed by atoms with van der Waals surface area (Å²) in [7, 11) is 0. The van der Waals surface area contributed by atoms with E-state index in [1.54, 1.807) is 0 Å². The Morgan fingerprint density at radius 1 is 0.900 bits per heavy atom. The van der Waals surface area contributed by atoms with Crippen LogP contribution in [0, 0.1) is 0 Å². The summed E-state index contributed by atoms with van der Waals surface area (Å²) in [5, 5.41) is 33.9. The second kappa shape index (κ2) is 5.37. The van der Waals surface area contributed by atoms with Gasteiger partial charge in [0, 0.05) is 0 Å². The first-order valence-corrected chi connectivity index (χ1v) is 2.97. The van der Waals surface area contributed by atoms with Crippen LogP contribution in [0.25, 0.3) is 0 Å². The average Bonchev–Trinajstić information content (AvgIpc) is 1.99. The van der Waals surface area contributed by atoms with Crippen molar-refractivity contribution in [3.63, 3.8) is 0 Å². The number of aliphatic hydroxyl groups excluding tert-OH is 4. The lowest BCUT2D eigenvalue weighted by Gasteiger charge is -2.01. The van der Waals surface area contributed by atoms with E-state index in [0.29, 0.717) is 0 Å². The van der Waals surface area contributed by atoms with Crippen LogP contribution < -0.4 is 0 Å². The van der Waals surface area contributed by atoms with E-state index in [4.69, 9.17) is 20.4 Å². The van der Waals surface area contributed by atoms with Crippen molar-refractivity contribution in [2.24, 2.45) is 0 Å². The summed E-state index contributed by atoms with van der Waals surface area (Å²) < 4.78 is 0. The molecular weight excluding hydrogens is 136 g/mol. The van der Waals surface area contributed by atoms with Crippen LogP contribution in [0.5, 0.6) is 0 Å². The van der Waals surface area contributed by atoms with Gasteiger partial charge in [0.25, 0.3) is 0 Å². The summed E-state index contributed by atoms with van der Waals surface area (Å²) in [6.07, 6.45) is 0.532. The minimum atomic E-state index is -0.957. The number of hydrogen-bond acceptors (Lipinski definition) is 4. The zero-order chi connectivity index (χ0) is 7.98. The molecular formula is C6H12O4. The maximum absolute atomic E-state index is 8.67. The monoisotopic (exact) mass is 148 g/mol. The van der Waals surface area contributed by atoms with Crippen LogP contribution in [0.4, 0.5) is 0 Å². The minimum absolute atomic E-state index is 0.380. The van der Waals surface area contributed by atoms with E-state index < -0.39 is 12.2 Å². The third-order valence-electron chi connectivity index (χ3n) is 0.930. The Labute approximate surface area is 59.1 Å². The third-order valence-corrected chi connectivity index (χ3v) is 0.930. The van der Waals surface area contributed by atoms with E-state index in [1.807, 2.05) is 0 Å². The molecule has 0 aromatic carbocycles. The van der Waals surface area contributed by atoms with Gasteiger partial charge in [-0.05, 0) is 0 Å². The highest BCUT2D eigenvalue weighted by molar-refractivity contribution is 4.92. The molecule has 0 aliphatic heterocycles. The summed E-state index contributed by atoms with van der Waals surface area (Å²) in [6.45, 7) is -0.761. The van der Waals surface area contributed by atoms with Crippen LogP contribution in [0.1, 0.15) is 0 Å². The van der Waals surface area contributed by atoms with E-state index in [-0.39, 0.29) is 13.2 Å². The zero-order valence-corrected chi connectivity index (χ0v) is 5.51. The van der Waals surface area contributed by atoms with Crippen molar-refractivity contribution in [2.45, 2.75) is 12.2 Å². The van der Waals surface area contributed by atoms with Crippen LogP contribution >= 0.6 is 0 Å². The van der Waals surface area contributed by atoms with E-state index in [2.05, 4.69) is 0 Å². The Hall–Kier alpha value is -0.420. The molecule has 4 nitrogen and oxygen atoms in total. The van der Waals surface area contributed by atoms with Crippen LogP contribution in [0.2, 0.25) is 0 Å². The van der Waals surface area contributed by atoms with Gasteiger partial charge in [-0.2, -0.15) is 0 Å². The van der Waals surface area contributed by atoms with Gasteiger partial charge in [0.2, 0.25) is 0 Å². The molecule has 0 bridgehead atoms. The van der Waals surface area contributed by atoms with Crippen LogP contribution in [0.15, 0.2) is 12.2 Å². The van der Waals surface area contributed by atoms with Crippen LogP contribution in [0.3, 0.4) is 0 Å². The molecule has 0 saturated heterocycles. The first kappa shape index (κ1) is 9.58. The molecule has 0 aliphatic carbocycles.